The second-order valence-corrected chi connectivity index (χ2v) is 8.86. The largest absolute Gasteiger partial charge is 0.478 e. The number of carbonyl (C=O) groups excluding carboxylic acids is 1. The second kappa shape index (κ2) is 8.90. The molecular weight excluding hydrogens is 453 g/mol. The Hall–Kier alpha value is -3.33. The maximum Gasteiger partial charge on any atom is 0.416 e. The number of carboxylic acid groups (broad SMARTS) is 1. The molecule has 1 amide bonds. The molecule has 1 unspecified atom stereocenters. The molecule has 4 rings (SSSR count). The number of anilines is 1. The normalized spacial score (nSPS) is 15.9. The number of amides is 1. The van der Waals surface area contributed by atoms with Gasteiger partial charge in [0.15, 0.2) is 0 Å². The average Bonchev–Trinajstić information content (AvgIpc) is 2.76. The lowest BCUT2D eigenvalue weighted by atomic mass is 10.0. The fourth-order valence-electron chi connectivity index (χ4n) is 3.69. The molecule has 0 fully saturated rings. The molecule has 0 aliphatic carbocycles. The molecule has 9 heteroatoms. The minimum atomic E-state index is -4.54. The molecule has 0 saturated heterocycles. The van der Waals surface area contributed by atoms with Crippen LogP contribution in [-0.4, -0.2) is 27.2 Å². The van der Waals surface area contributed by atoms with Crippen LogP contribution in [0.2, 0.25) is 0 Å². The van der Waals surface area contributed by atoms with Gasteiger partial charge in [0.25, 0.3) is 0 Å². The number of carboxylic acids is 1. The topological polar surface area (TPSA) is 70.5 Å². The Labute approximate surface area is 192 Å². The maximum atomic E-state index is 13.5. The molecule has 33 heavy (non-hydrogen) atoms. The highest BCUT2D eigenvalue weighted by atomic mass is 32.2. The number of benzene rings is 2. The molecule has 2 aromatic carbocycles. The summed E-state index contributed by atoms with van der Waals surface area (Å²) in [5.74, 6) is -1.37. The fraction of sp³-hybridized carbons (Fsp3) is 0.208. The van der Waals surface area contributed by atoms with Crippen molar-refractivity contribution in [2.24, 2.45) is 0 Å². The van der Waals surface area contributed by atoms with Gasteiger partial charge in [0, 0.05) is 5.69 Å². The number of alkyl halides is 3. The highest BCUT2D eigenvalue weighted by molar-refractivity contribution is 8.00. The minimum absolute atomic E-state index is 0.00124. The lowest BCUT2D eigenvalue weighted by Crippen LogP contribution is -2.42. The van der Waals surface area contributed by atoms with Crippen LogP contribution in [0.1, 0.15) is 32.7 Å². The van der Waals surface area contributed by atoms with Gasteiger partial charge in [0.05, 0.1) is 28.6 Å². The monoisotopic (exact) mass is 472 g/mol. The van der Waals surface area contributed by atoms with Gasteiger partial charge < -0.3 is 10.0 Å². The van der Waals surface area contributed by atoms with Crippen molar-refractivity contribution in [2.45, 2.75) is 36.3 Å². The van der Waals surface area contributed by atoms with E-state index in [0.29, 0.717) is 10.7 Å². The van der Waals surface area contributed by atoms with Gasteiger partial charge in [-0.15, -0.1) is 0 Å². The summed E-state index contributed by atoms with van der Waals surface area (Å²) >= 11 is 1.27. The number of pyridine rings is 1. The van der Waals surface area contributed by atoms with Gasteiger partial charge in [0.1, 0.15) is 5.03 Å². The third-order valence-electron chi connectivity index (χ3n) is 5.34. The predicted molar refractivity (Wildman–Crippen MR) is 118 cm³/mol. The SMILES string of the molecule is Cc1ccc2c(n1)SC(Cc1ccc(C(=O)O)cc1)C(=O)N2Cc1ccccc1C(F)(F)F. The van der Waals surface area contributed by atoms with Crippen molar-refractivity contribution >= 4 is 29.3 Å². The first-order chi connectivity index (χ1) is 15.6. The van der Waals surface area contributed by atoms with Crippen molar-refractivity contribution in [3.63, 3.8) is 0 Å². The van der Waals surface area contributed by atoms with E-state index in [-0.39, 0.29) is 30.0 Å². The number of carbonyl (C=O) groups is 2. The van der Waals surface area contributed by atoms with Crippen LogP contribution in [0.4, 0.5) is 18.9 Å². The number of hydrogen-bond acceptors (Lipinski definition) is 4. The van der Waals surface area contributed by atoms with E-state index >= 15 is 0 Å². The lowest BCUT2D eigenvalue weighted by Gasteiger charge is -2.34. The molecule has 1 N–H and O–H groups in total. The zero-order chi connectivity index (χ0) is 23.8. The van der Waals surface area contributed by atoms with Crippen LogP contribution < -0.4 is 4.90 Å². The van der Waals surface area contributed by atoms with Crippen LogP contribution in [0.25, 0.3) is 0 Å². The number of aromatic nitrogens is 1. The standard InChI is InChI=1S/C24H19F3N2O3S/c1-14-6-11-19-21(28-14)33-20(12-15-7-9-16(10-8-15)23(31)32)22(30)29(19)13-17-4-2-3-5-18(17)24(25,26)27/h2-11,20H,12-13H2,1H3,(H,31,32). The summed E-state index contributed by atoms with van der Waals surface area (Å²) in [4.78, 5) is 30.4. The number of halogens is 3. The molecule has 0 spiro atoms. The molecule has 5 nitrogen and oxygen atoms in total. The van der Waals surface area contributed by atoms with Gasteiger partial charge in [-0.2, -0.15) is 13.2 Å². The highest BCUT2D eigenvalue weighted by Crippen LogP contribution is 2.41. The summed E-state index contributed by atoms with van der Waals surface area (Å²) in [7, 11) is 0. The number of hydrogen-bond donors (Lipinski definition) is 1. The number of fused-ring (bicyclic) bond motifs is 1. The van der Waals surface area contributed by atoms with Gasteiger partial charge in [-0.3, -0.25) is 4.79 Å². The van der Waals surface area contributed by atoms with E-state index in [1.54, 1.807) is 31.2 Å². The van der Waals surface area contributed by atoms with Crippen LogP contribution in [0.5, 0.6) is 0 Å². The maximum absolute atomic E-state index is 13.5. The molecule has 3 aromatic rings. The first-order valence-corrected chi connectivity index (χ1v) is 10.9. The Balaban J connectivity index is 1.68. The van der Waals surface area contributed by atoms with Gasteiger partial charge in [0.2, 0.25) is 5.91 Å². The van der Waals surface area contributed by atoms with Crippen LogP contribution in [-0.2, 0) is 23.9 Å². The van der Waals surface area contributed by atoms with Gasteiger partial charge in [-0.25, -0.2) is 9.78 Å². The van der Waals surface area contributed by atoms with Crippen LogP contribution in [0.3, 0.4) is 0 Å². The number of aromatic carboxylic acids is 1. The Morgan fingerprint density at radius 1 is 1.09 bits per heavy atom. The molecule has 0 saturated carbocycles. The average molecular weight is 472 g/mol. The molecule has 170 valence electrons. The molecular formula is C24H19F3N2O3S. The molecule has 1 aliphatic rings. The fourth-order valence-corrected chi connectivity index (χ4v) is 4.96. The van der Waals surface area contributed by atoms with Crippen LogP contribution >= 0.6 is 11.8 Å². The van der Waals surface area contributed by atoms with Crippen molar-refractivity contribution in [1.82, 2.24) is 4.98 Å². The molecule has 1 atom stereocenters. The zero-order valence-corrected chi connectivity index (χ0v) is 18.3. The first kappa shape index (κ1) is 22.8. The van der Waals surface area contributed by atoms with E-state index in [9.17, 15) is 22.8 Å². The Bertz CT molecular complexity index is 1210. The van der Waals surface area contributed by atoms with Crippen molar-refractivity contribution in [2.75, 3.05) is 4.90 Å². The summed E-state index contributed by atoms with van der Waals surface area (Å²) < 4.78 is 40.6. The minimum Gasteiger partial charge on any atom is -0.478 e. The summed E-state index contributed by atoms with van der Waals surface area (Å²) in [6.07, 6.45) is -4.25. The van der Waals surface area contributed by atoms with Gasteiger partial charge in [-0.05, 0) is 54.8 Å². The second-order valence-electron chi connectivity index (χ2n) is 7.67. The summed E-state index contributed by atoms with van der Waals surface area (Å²) in [5, 5.41) is 9.04. The molecule has 0 radical (unpaired) electrons. The number of rotatable bonds is 5. The Morgan fingerprint density at radius 3 is 2.45 bits per heavy atom. The molecule has 1 aromatic heterocycles. The first-order valence-electron chi connectivity index (χ1n) is 10.1. The lowest BCUT2D eigenvalue weighted by molar-refractivity contribution is -0.138. The van der Waals surface area contributed by atoms with E-state index < -0.39 is 23.0 Å². The van der Waals surface area contributed by atoms with Crippen molar-refractivity contribution in [3.05, 3.63) is 88.6 Å². The van der Waals surface area contributed by atoms with Crippen molar-refractivity contribution in [1.29, 1.82) is 0 Å². The van der Waals surface area contributed by atoms with Crippen LogP contribution in [0.15, 0.2) is 65.7 Å². The van der Waals surface area contributed by atoms with E-state index in [1.165, 1.54) is 47.0 Å². The summed E-state index contributed by atoms with van der Waals surface area (Å²) in [5.41, 5.74) is 1.31. The molecule has 1 aliphatic heterocycles. The van der Waals surface area contributed by atoms with E-state index in [2.05, 4.69) is 4.98 Å². The van der Waals surface area contributed by atoms with E-state index in [0.717, 1.165) is 17.3 Å². The number of aryl methyl sites for hydroxylation is 1. The molecule has 2 heterocycles. The summed E-state index contributed by atoms with van der Waals surface area (Å²) in [6, 6.07) is 14.8. The van der Waals surface area contributed by atoms with Gasteiger partial charge >= 0.3 is 12.1 Å². The van der Waals surface area contributed by atoms with E-state index in [1.807, 2.05) is 0 Å². The third kappa shape index (κ3) is 4.88. The van der Waals surface area contributed by atoms with Crippen molar-refractivity contribution in [3.8, 4) is 0 Å². The quantitative estimate of drug-likeness (QED) is 0.542. The van der Waals surface area contributed by atoms with Gasteiger partial charge in [-0.1, -0.05) is 42.1 Å². The molecule has 0 bridgehead atoms. The Kier molecular flexibility index (Phi) is 6.16. The Morgan fingerprint density at radius 2 is 1.79 bits per heavy atom. The van der Waals surface area contributed by atoms with E-state index in [4.69, 9.17) is 5.11 Å². The van der Waals surface area contributed by atoms with Crippen molar-refractivity contribution < 1.29 is 27.9 Å². The third-order valence-corrected chi connectivity index (χ3v) is 6.52. The smallest absolute Gasteiger partial charge is 0.416 e. The summed E-state index contributed by atoms with van der Waals surface area (Å²) in [6.45, 7) is 1.57. The highest BCUT2D eigenvalue weighted by Gasteiger charge is 2.38. The van der Waals surface area contributed by atoms with Crippen LogP contribution in [0, 0.1) is 6.92 Å². The number of thioether (sulfide) groups is 1. The predicted octanol–water partition coefficient (Wildman–Crippen LogP) is 5.36. The zero-order valence-electron chi connectivity index (χ0n) is 17.5. The number of nitrogens with zero attached hydrogens (tertiary/aromatic N) is 2.